The highest BCUT2D eigenvalue weighted by Gasteiger charge is 2.10. The highest BCUT2D eigenvalue weighted by Crippen LogP contribution is 2.29. The van der Waals surface area contributed by atoms with Crippen molar-refractivity contribution in [2.45, 2.75) is 6.61 Å². The molecule has 0 saturated heterocycles. The molecule has 0 aromatic heterocycles. The number of halogens is 1. The maximum Gasteiger partial charge on any atom is 0.336 e. The van der Waals surface area contributed by atoms with E-state index in [4.69, 9.17) is 14.6 Å². The van der Waals surface area contributed by atoms with E-state index in [0.717, 1.165) is 10.2 Å². The van der Waals surface area contributed by atoms with E-state index in [1.807, 2.05) is 0 Å². The molecule has 0 heterocycles. The summed E-state index contributed by atoms with van der Waals surface area (Å²) in [5.41, 5.74) is 0.875. The third-order valence-corrected chi connectivity index (χ3v) is 3.39. The van der Waals surface area contributed by atoms with Crippen molar-refractivity contribution in [2.75, 3.05) is 7.11 Å². The van der Waals surface area contributed by atoms with Crippen LogP contribution < -0.4 is 9.47 Å². The fourth-order valence-electron chi connectivity index (χ4n) is 1.74. The van der Waals surface area contributed by atoms with Crippen LogP contribution in [0.3, 0.4) is 0 Å². The van der Waals surface area contributed by atoms with Crippen LogP contribution >= 0.6 is 15.9 Å². The van der Waals surface area contributed by atoms with Gasteiger partial charge in [-0.05, 0) is 40.2 Å². The number of benzene rings is 2. The molecule has 0 amide bonds. The fourth-order valence-corrected chi connectivity index (χ4v) is 2.21. The molecule has 2 aromatic carbocycles. The van der Waals surface area contributed by atoms with Gasteiger partial charge in [-0.1, -0.05) is 18.2 Å². The molecule has 0 fully saturated rings. The van der Waals surface area contributed by atoms with Crippen LogP contribution in [0.25, 0.3) is 0 Å². The minimum absolute atomic E-state index is 0.188. The van der Waals surface area contributed by atoms with Crippen molar-refractivity contribution in [3.63, 3.8) is 0 Å². The first-order valence-electron chi connectivity index (χ1n) is 5.89. The van der Waals surface area contributed by atoms with E-state index in [0.29, 0.717) is 11.3 Å². The van der Waals surface area contributed by atoms with Crippen molar-refractivity contribution in [3.05, 3.63) is 58.1 Å². The average Bonchev–Trinajstić information content (AvgIpc) is 2.46. The Labute approximate surface area is 125 Å². The molecule has 0 bridgehead atoms. The molecule has 0 aliphatic rings. The molecule has 1 N–H and O–H groups in total. The number of ether oxygens (including phenoxy) is 2. The first kappa shape index (κ1) is 14.4. The fraction of sp³-hybridized carbons (Fsp3) is 0.133. The standard InChI is InChI=1S/C15H13BrO4/c1-19-11-6-7-14(13(16)8-11)20-9-10-4-2-3-5-12(10)15(17)18/h2-8H,9H2,1H3,(H,17,18). The Morgan fingerprint density at radius 1 is 1.25 bits per heavy atom. The first-order chi connectivity index (χ1) is 9.61. The summed E-state index contributed by atoms with van der Waals surface area (Å²) < 4.78 is 11.5. The van der Waals surface area contributed by atoms with E-state index in [1.54, 1.807) is 49.6 Å². The van der Waals surface area contributed by atoms with Crippen LogP contribution in [0.2, 0.25) is 0 Å². The maximum atomic E-state index is 11.1. The van der Waals surface area contributed by atoms with Crippen LogP contribution in [0.4, 0.5) is 0 Å². The summed E-state index contributed by atoms with van der Waals surface area (Å²) in [5, 5.41) is 9.10. The maximum absolute atomic E-state index is 11.1. The zero-order chi connectivity index (χ0) is 14.5. The number of hydrogen-bond donors (Lipinski definition) is 1. The highest BCUT2D eigenvalue weighted by molar-refractivity contribution is 9.10. The van der Waals surface area contributed by atoms with Crippen molar-refractivity contribution in [2.24, 2.45) is 0 Å². The summed E-state index contributed by atoms with van der Waals surface area (Å²) in [6.07, 6.45) is 0. The Morgan fingerprint density at radius 3 is 2.65 bits per heavy atom. The molecule has 0 unspecified atom stereocenters. The Morgan fingerprint density at radius 2 is 2.00 bits per heavy atom. The summed E-state index contributed by atoms with van der Waals surface area (Å²) in [5.74, 6) is 0.388. The SMILES string of the molecule is COc1ccc(OCc2ccccc2C(=O)O)c(Br)c1. The van der Waals surface area contributed by atoms with Crippen molar-refractivity contribution in [1.29, 1.82) is 0 Å². The van der Waals surface area contributed by atoms with E-state index >= 15 is 0 Å². The molecular formula is C15H13BrO4. The first-order valence-corrected chi connectivity index (χ1v) is 6.68. The monoisotopic (exact) mass is 336 g/mol. The molecule has 5 heteroatoms. The molecule has 104 valence electrons. The van der Waals surface area contributed by atoms with Gasteiger partial charge < -0.3 is 14.6 Å². The molecule has 20 heavy (non-hydrogen) atoms. The summed E-state index contributed by atoms with van der Waals surface area (Å²) in [4.78, 5) is 11.1. The minimum atomic E-state index is -0.960. The lowest BCUT2D eigenvalue weighted by atomic mass is 10.1. The van der Waals surface area contributed by atoms with E-state index < -0.39 is 5.97 Å². The molecule has 0 saturated carbocycles. The second kappa shape index (κ2) is 6.43. The number of carbonyl (C=O) groups is 1. The molecule has 0 radical (unpaired) electrons. The summed E-state index contributed by atoms with van der Waals surface area (Å²) >= 11 is 3.39. The second-order valence-electron chi connectivity index (χ2n) is 4.05. The minimum Gasteiger partial charge on any atom is -0.497 e. The Balaban J connectivity index is 2.15. The highest BCUT2D eigenvalue weighted by atomic mass is 79.9. The summed E-state index contributed by atoms with van der Waals surface area (Å²) in [6, 6.07) is 12.1. The van der Waals surface area contributed by atoms with Crippen LogP contribution in [-0.2, 0) is 6.61 Å². The number of aromatic carboxylic acids is 1. The van der Waals surface area contributed by atoms with Gasteiger partial charge >= 0.3 is 5.97 Å². The largest absolute Gasteiger partial charge is 0.497 e. The van der Waals surface area contributed by atoms with Gasteiger partial charge in [0.05, 0.1) is 17.1 Å². The van der Waals surface area contributed by atoms with Crippen LogP contribution in [0.15, 0.2) is 46.9 Å². The predicted molar refractivity (Wildman–Crippen MR) is 78.4 cm³/mol. The molecule has 0 aliphatic heterocycles. The molecule has 0 aliphatic carbocycles. The van der Waals surface area contributed by atoms with Crippen molar-refractivity contribution >= 4 is 21.9 Å². The van der Waals surface area contributed by atoms with Gasteiger partial charge in [-0.2, -0.15) is 0 Å². The molecule has 0 atom stereocenters. The van der Waals surface area contributed by atoms with Crippen molar-refractivity contribution < 1.29 is 19.4 Å². The second-order valence-corrected chi connectivity index (χ2v) is 4.90. The van der Waals surface area contributed by atoms with Crippen LogP contribution in [0.5, 0.6) is 11.5 Å². The number of carboxylic acids is 1. The molecule has 4 nitrogen and oxygen atoms in total. The van der Waals surface area contributed by atoms with Gasteiger partial charge in [0.15, 0.2) is 0 Å². The zero-order valence-electron chi connectivity index (χ0n) is 10.8. The van der Waals surface area contributed by atoms with E-state index in [2.05, 4.69) is 15.9 Å². The normalized spacial score (nSPS) is 10.1. The number of rotatable bonds is 5. The molecule has 0 spiro atoms. The topological polar surface area (TPSA) is 55.8 Å². The van der Waals surface area contributed by atoms with Gasteiger partial charge in [0.1, 0.15) is 18.1 Å². The van der Waals surface area contributed by atoms with Gasteiger partial charge in [-0.15, -0.1) is 0 Å². The molecule has 2 rings (SSSR count). The van der Waals surface area contributed by atoms with Crippen LogP contribution in [0, 0.1) is 0 Å². The zero-order valence-corrected chi connectivity index (χ0v) is 12.4. The third kappa shape index (κ3) is 3.30. The van der Waals surface area contributed by atoms with E-state index in [9.17, 15) is 4.79 Å². The van der Waals surface area contributed by atoms with Gasteiger partial charge in [0.25, 0.3) is 0 Å². The average molecular weight is 337 g/mol. The number of hydrogen-bond acceptors (Lipinski definition) is 3. The van der Waals surface area contributed by atoms with E-state index in [-0.39, 0.29) is 12.2 Å². The smallest absolute Gasteiger partial charge is 0.336 e. The number of methoxy groups -OCH3 is 1. The number of carboxylic acid groups (broad SMARTS) is 1. The Kier molecular flexibility index (Phi) is 4.63. The summed E-state index contributed by atoms with van der Waals surface area (Å²) in [7, 11) is 1.59. The lowest BCUT2D eigenvalue weighted by molar-refractivity contribution is 0.0694. The van der Waals surface area contributed by atoms with Gasteiger partial charge in [0, 0.05) is 5.56 Å². The Bertz CT molecular complexity index is 625. The Hall–Kier alpha value is -2.01. The molecule has 2 aromatic rings. The van der Waals surface area contributed by atoms with Gasteiger partial charge in [0.2, 0.25) is 0 Å². The lowest BCUT2D eigenvalue weighted by Crippen LogP contribution is -2.05. The van der Waals surface area contributed by atoms with Crippen LogP contribution in [-0.4, -0.2) is 18.2 Å². The quantitative estimate of drug-likeness (QED) is 0.903. The van der Waals surface area contributed by atoms with Gasteiger partial charge in [-0.25, -0.2) is 4.79 Å². The lowest BCUT2D eigenvalue weighted by Gasteiger charge is -2.11. The van der Waals surface area contributed by atoms with Gasteiger partial charge in [-0.3, -0.25) is 0 Å². The summed E-state index contributed by atoms with van der Waals surface area (Å²) in [6.45, 7) is 0.188. The van der Waals surface area contributed by atoms with Crippen molar-refractivity contribution in [3.8, 4) is 11.5 Å². The predicted octanol–water partition coefficient (Wildman–Crippen LogP) is 3.73. The third-order valence-electron chi connectivity index (χ3n) is 2.77. The van der Waals surface area contributed by atoms with Crippen molar-refractivity contribution in [1.82, 2.24) is 0 Å². The molecular weight excluding hydrogens is 324 g/mol. The van der Waals surface area contributed by atoms with Crippen LogP contribution in [0.1, 0.15) is 15.9 Å². The van der Waals surface area contributed by atoms with E-state index in [1.165, 1.54) is 0 Å².